The van der Waals surface area contributed by atoms with E-state index in [9.17, 15) is 42.4 Å². The average molecular weight is 735 g/mol. The Morgan fingerprint density at radius 3 is 1.80 bits per heavy atom. The molecule has 15 heteroatoms. The first-order valence-electron chi connectivity index (χ1n) is 17.5. The number of allylic oxidation sites excluding steroid dienone is 3. The lowest BCUT2D eigenvalue weighted by Gasteiger charge is -2.36. The van der Waals surface area contributed by atoms with Crippen LogP contribution in [-0.2, 0) is 20.0 Å². The predicted molar refractivity (Wildman–Crippen MR) is 186 cm³/mol. The normalized spacial score (nSPS) is 21.4. The summed E-state index contributed by atoms with van der Waals surface area (Å²) in [5, 5.41) is 24.4. The Morgan fingerprint density at radius 2 is 1.33 bits per heavy atom. The lowest BCUT2D eigenvalue weighted by molar-refractivity contribution is -0.141. The largest absolute Gasteiger partial charge is 0.481 e. The molecule has 4 rings (SSSR count). The van der Waals surface area contributed by atoms with Gasteiger partial charge < -0.3 is 34.5 Å². The fourth-order valence-electron chi connectivity index (χ4n) is 8.01. The quantitative estimate of drug-likeness (QED) is 0.0974. The van der Waals surface area contributed by atoms with Gasteiger partial charge in [0.1, 0.15) is 11.5 Å². The monoisotopic (exact) mass is 734 g/mol. The minimum absolute atomic E-state index is 0.0232. The fraction of sp³-hybridized carbons (Fsp3) is 0.611. The zero-order valence-corrected chi connectivity index (χ0v) is 30.1. The highest BCUT2D eigenvalue weighted by Gasteiger charge is 2.38. The number of benzene rings is 1. The summed E-state index contributed by atoms with van der Waals surface area (Å²) in [6.07, 6.45) is 8.70. The number of aliphatic carboxylic acids is 2. The zero-order valence-electron chi connectivity index (χ0n) is 29.3. The molecule has 2 amide bonds. The van der Waals surface area contributed by atoms with Crippen LogP contribution < -0.4 is 24.3 Å². The lowest BCUT2D eigenvalue weighted by atomic mass is 9.72. The molecule has 2 saturated carbocycles. The summed E-state index contributed by atoms with van der Waals surface area (Å²) in [6, 6.07) is 2.33. The number of ether oxygens (including phenoxy) is 2. The number of carbonyl (C=O) groups is 4. The average Bonchev–Trinajstić information content (AvgIpc) is 3.02. The maximum atomic E-state index is 13.4. The number of hydrogen-bond acceptors (Lipinski definition) is 9. The molecule has 0 aromatic heterocycles. The summed E-state index contributed by atoms with van der Waals surface area (Å²) in [4.78, 5) is 49.9. The molecule has 51 heavy (non-hydrogen) atoms. The van der Waals surface area contributed by atoms with Crippen molar-refractivity contribution in [3.8, 4) is 17.2 Å². The minimum atomic E-state index is -5.14. The van der Waals surface area contributed by atoms with Crippen molar-refractivity contribution in [2.75, 3.05) is 13.1 Å². The molecule has 3 aliphatic rings. The molecule has 1 aromatic rings. The van der Waals surface area contributed by atoms with Crippen LogP contribution in [0.3, 0.4) is 0 Å². The molecule has 0 bridgehead atoms. The van der Waals surface area contributed by atoms with Crippen LogP contribution in [0.2, 0.25) is 0 Å². The molecule has 5 N–H and O–H groups in total. The summed E-state index contributed by atoms with van der Waals surface area (Å²) >= 11 is 0. The van der Waals surface area contributed by atoms with E-state index >= 15 is 0 Å². The Kier molecular flexibility index (Phi) is 13.2. The van der Waals surface area contributed by atoms with Crippen molar-refractivity contribution < 1.29 is 56.0 Å². The van der Waals surface area contributed by atoms with Gasteiger partial charge in [-0.05, 0) is 69.1 Å². The smallest absolute Gasteiger partial charge is 0.446 e. The van der Waals surface area contributed by atoms with Crippen molar-refractivity contribution in [2.24, 2.45) is 16.7 Å². The Hall–Kier alpha value is -4.11. The number of nitrogens with one attached hydrogen (secondary N) is 2. The third kappa shape index (κ3) is 11.4. The van der Waals surface area contributed by atoms with E-state index in [4.69, 9.17) is 13.7 Å². The van der Waals surface area contributed by atoms with Crippen LogP contribution in [-0.4, -0.2) is 60.4 Å². The highest BCUT2D eigenvalue weighted by Crippen LogP contribution is 2.49. The van der Waals surface area contributed by atoms with Gasteiger partial charge in [-0.25, -0.2) is 9.59 Å². The topological polar surface area (TPSA) is 215 Å². The van der Waals surface area contributed by atoms with Gasteiger partial charge >= 0.3 is 34.5 Å². The van der Waals surface area contributed by atoms with Crippen LogP contribution in [0.1, 0.15) is 115 Å². The molecule has 0 unspecified atom stereocenters. The number of carboxylic acid groups (broad SMARTS) is 2. The zero-order chi connectivity index (χ0) is 37.4. The number of amides is 2. The van der Waals surface area contributed by atoms with Gasteiger partial charge in [0, 0.05) is 36.7 Å². The molecule has 3 aliphatic carbocycles. The molecular formula is C36H50N2O12S. The van der Waals surface area contributed by atoms with Crippen molar-refractivity contribution in [2.45, 2.75) is 110 Å². The summed E-state index contributed by atoms with van der Waals surface area (Å²) in [6.45, 7) is 7.88. The van der Waals surface area contributed by atoms with Gasteiger partial charge in [0.2, 0.25) is 0 Å². The highest BCUT2D eigenvalue weighted by molar-refractivity contribution is 7.81. The van der Waals surface area contributed by atoms with Crippen LogP contribution in [0.4, 0.5) is 9.59 Å². The van der Waals surface area contributed by atoms with Gasteiger partial charge in [0.15, 0.2) is 5.75 Å². The van der Waals surface area contributed by atoms with Gasteiger partial charge in [-0.3, -0.25) is 14.1 Å². The van der Waals surface area contributed by atoms with E-state index in [0.717, 1.165) is 62.2 Å². The number of hydrogen-bond donors (Lipinski definition) is 5. The van der Waals surface area contributed by atoms with E-state index in [1.807, 2.05) is 19.9 Å². The molecule has 282 valence electrons. The van der Waals surface area contributed by atoms with E-state index in [1.165, 1.54) is 6.07 Å². The Balaban J connectivity index is 1.70. The fourth-order valence-corrected chi connectivity index (χ4v) is 8.38. The molecule has 0 aliphatic heterocycles. The molecule has 2 fully saturated rings. The number of carbonyl (C=O) groups excluding carboxylic acids is 2. The Labute approximate surface area is 298 Å². The molecule has 0 radical (unpaired) electrons. The summed E-state index contributed by atoms with van der Waals surface area (Å²) < 4.78 is 50.5. The van der Waals surface area contributed by atoms with E-state index in [0.29, 0.717) is 32.1 Å². The molecule has 0 heterocycles. The summed E-state index contributed by atoms with van der Waals surface area (Å²) in [5.41, 5.74) is 0.498. The van der Waals surface area contributed by atoms with E-state index in [2.05, 4.69) is 17.2 Å². The van der Waals surface area contributed by atoms with Gasteiger partial charge in [-0.15, -0.1) is 0 Å². The maximum absolute atomic E-state index is 13.4. The van der Waals surface area contributed by atoms with Gasteiger partial charge in [0.25, 0.3) is 0 Å². The van der Waals surface area contributed by atoms with Crippen LogP contribution in [0.15, 0.2) is 35.9 Å². The van der Waals surface area contributed by atoms with Crippen LogP contribution in [0, 0.1) is 16.7 Å². The molecule has 14 nitrogen and oxygen atoms in total. The second-order valence-electron chi connectivity index (χ2n) is 14.6. The standard InChI is InChI=1S/C36H50N2O12S/c1-23(2)26-11-10-24(3)16-27(26)32-28(49-34(44)38-22-36(20-31(41)42)14-8-5-9-15-36)17-25(18-29(32)50-51(45,46)47)48-33(43)37-21-35(19-30(39)40)12-6-4-7-13-35/h16-18,26-27H,1,4-15,19-22H2,2-3H3,(H,37,43)(H,38,44)(H,39,40)(H,41,42)(H,45,46,47)/t26-,27+/m0/s1. The second kappa shape index (κ2) is 16.9. The maximum Gasteiger partial charge on any atom is 0.446 e. The number of carboxylic acids is 2. The van der Waals surface area contributed by atoms with Crippen molar-refractivity contribution in [1.29, 1.82) is 0 Å². The predicted octanol–water partition coefficient (Wildman–Crippen LogP) is 6.91. The molecule has 0 saturated heterocycles. The first-order valence-corrected chi connectivity index (χ1v) is 18.9. The SMILES string of the molecule is C=C(C)[C@@H]1CCC(C)=C[C@H]1c1c(OC(=O)NCC2(CC(=O)O)CCCCC2)cc(OC(=O)NCC2(CC(=O)O)CCCCC2)cc1OS(=O)(=O)O. The van der Waals surface area contributed by atoms with Crippen molar-refractivity contribution in [1.82, 2.24) is 10.6 Å². The van der Waals surface area contributed by atoms with Crippen LogP contribution in [0.25, 0.3) is 0 Å². The highest BCUT2D eigenvalue weighted by atomic mass is 32.3. The Bertz CT molecular complexity index is 1620. The van der Waals surface area contributed by atoms with Gasteiger partial charge in [0.05, 0.1) is 12.8 Å². The van der Waals surface area contributed by atoms with Crippen LogP contribution in [0.5, 0.6) is 17.2 Å². The summed E-state index contributed by atoms with van der Waals surface area (Å²) in [5.74, 6) is -3.79. The van der Waals surface area contributed by atoms with Gasteiger partial charge in [-0.1, -0.05) is 62.3 Å². The molecule has 2 atom stereocenters. The minimum Gasteiger partial charge on any atom is -0.481 e. The van der Waals surface area contributed by atoms with Crippen LogP contribution >= 0.6 is 0 Å². The first kappa shape index (κ1) is 39.7. The lowest BCUT2D eigenvalue weighted by Crippen LogP contribution is -2.41. The third-order valence-corrected chi connectivity index (χ3v) is 10.9. The number of rotatable bonds is 14. The van der Waals surface area contributed by atoms with E-state index < -0.39 is 57.0 Å². The molecular weight excluding hydrogens is 684 g/mol. The second-order valence-corrected chi connectivity index (χ2v) is 15.6. The summed E-state index contributed by atoms with van der Waals surface area (Å²) in [7, 11) is -5.14. The molecule has 0 spiro atoms. The van der Waals surface area contributed by atoms with Crippen molar-refractivity contribution >= 4 is 34.5 Å². The third-order valence-electron chi connectivity index (χ3n) is 10.5. The van der Waals surface area contributed by atoms with Gasteiger partial charge in [-0.2, -0.15) is 8.42 Å². The molecule has 1 aromatic carbocycles. The Morgan fingerprint density at radius 1 is 0.843 bits per heavy atom. The first-order chi connectivity index (χ1) is 24.0. The van der Waals surface area contributed by atoms with E-state index in [1.54, 1.807) is 0 Å². The van der Waals surface area contributed by atoms with Crippen molar-refractivity contribution in [3.63, 3.8) is 0 Å². The van der Waals surface area contributed by atoms with Crippen molar-refractivity contribution in [3.05, 3.63) is 41.5 Å². The van der Waals surface area contributed by atoms with E-state index in [-0.39, 0.29) is 48.9 Å².